The van der Waals surface area contributed by atoms with Crippen LogP contribution in [0.2, 0.25) is 0 Å². The van der Waals surface area contributed by atoms with Crippen molar-refractivity contribution < 1.29 is 4.74 Å². The lowest BCUT2D eigenvalue weighted by molar-refractivity contribution is 0.0316. The second-order valence-electron chi connectivity index (χ2n) is 3.87. The Labute approximate surface area is 86.8 Å². The van der Waals surface area contributed by atoms with Crippen LogP contribution in [0.25, 0.3) is 0 Å². The first-order valence-electron chi connectivity index (χ1n) is 5.43. The highest BCUT2D eigenvalue weighted by molar-refractivity contribution is 5.30. The first-order chi connectivity index (χ1) is 6.60. The predicted molar refractivity (Wildman–Crippen MR) is 60.1 cm³/mol. The molecular weight excluding hydrogens is 174 g/mol. The Morgan fingerprint density at radius 1 is 1.00 bits per heavy atom. The van der Waals surface area contributed by atoms with E-state index in [1.807, 2.05) is 6.92 Å². The number of hydrogen-bond acceptors (Lipinski definition) is 2. The Kier molecular flexibility index (Phi) is 3.51. The molecule has 0 saturated carbocycles. The summed E-state index contributed by atoms with van der Waals surface area (Å²) < 4.78 is 5.73. The Morgan fingerprint density at radius 3 is 1.93 bits per heavy atom. The molecule has 0 amide bonds. The monoisotopic (exact) mass is 195 g/mol. The lowest BCUT2D eigenvalue weighted by atomic mass is 9.85. The van der Waals surface area contributed by atoms with Gasteiger partial charge in [0.05, 0.1) is 5.54 Å². The van der Waals surface area contributed by atoms with Gasteiger partial charge in [-0.25, -0.2) is 0 Å². The van der Waals surface area contributed by atoms with Crippen LogP contribution in [0.1, 0.15) is 33.6 Å². The minimum absolute atomic E-state index is 0.215. The maximum absolute atomic E-state index is 6.10. The van der Waals surface area contributed by atoms with Crippen LogP contribution in [-0.4, -0.2) is 17.7 Å². The molecule has 1 rings (SSSR count). The highest BCUT2D eigenvalue weighted by Crippen LogP contribution is 2.28. The topological polar surface area (TPSA) is 35.2 Å². The Hall–Kier alpha value is -0.600. The van der Waals surface area contributed by atoms with Crippen molar-refractivity contribution in [3.8, 4) is 0 Å². The first-order valence-corrected chi connectivity index (χ1v) is 5.43. The van der Waals surface area contributed by atoms with Gasteiger partial charge in [0.2, 0.25) is 0 Å². The van der Waals surface area contributed by atoms with E-state index in [0.29, 0.717) is 0 Å². The quantitative estimate of drug-likeness (QED) is 0.699. The highest BCUT2D eigenvalue weighted by Gasteiger charge is 2.29. The summed E-state index contributed by atoms with van der Waals surface area (Å²) >= 11 is 0. The fraction of sp³-hybridized carbons (Fsp3) is 0.667. The van der Waals surface area contributed by atoms with Gasteiger partial charge in [0.25, 0.3) is 0 Å². The van der Waals surface area contributed by atoms with E-state index in [1.54, 1.807) is 0 Å². The molecular formula is C12H21NO. The second kappa shape index (κ2) is 4.28. The van der Waals surface area contributed by atoms with E-state index in [0.717, 1.165) is 19.4 Å². The molecule has 2 N–H and O–H groups in total. The summed E-state index contributed by atoms with van der Waals surface area (Å²) in [6.07, 6.45) is 10.2. The molecule has 0 aliphatic heterocycles. The average molecular weight is 195 g/mol. The van der Waals surface area contributed by atoms with E-state index in [2.05, 4.69) is 38.2 Å². The van der Waals surface area contributed by atoms with Crippen molar-refractivity contribution >= 4 is 0 Å². The van der Waals surface area contributed by atoms with Gasteiger partial charge in [-0.05, 0) is 19.8 Å². The molecule has 80 valence electrons. The number of ether oxygens (including phenoxy) is 1. The van der Waals surface area contributed by atoms with Crippen LogP contribution in [0.3, 0.4) is 0 Å². The molecule has 0 aromatic heterocycles. The molecule has 0 atom stereocenters. The lowest BCUT2D eigenvalue weighted by Gasteiger charge is -2.33. The SMILES string of the molecule is CCOC1(CC)C=CC(N)(CC)C=C1. The molecule has 0 heterocycles. The van der Waals surface area contributed by atoms with Crippen molar-refractivity contribution in [3.63, 3.8) is 0 Å². The summed E-state index contributed by atoms with van der Waals surface area (Å²) in [4.78, 5) is 0. The zero-order valence-corrected chi connectivity index (χ0v) is 9.42. The second-order valence-corrected chi connectivity index (χ2v) is 3.87. The van der Waals surface area contributed by atoms with Gasteiger partial charge in [-0.15, -0.1) is 0 Å². The van der Waals surface area contributed by atoms with Crippen molar-refractivity contribution in [2.24, 2.45) is 5.73 Å². The molecule has 2 nitrogen and oxygen atoms in total. The third kappa shape index (κ3) is 2.25. The fourth-order valence-corrected chi connectivity index (χ4v) is 1.64. The van der Waals surface area contributed by atoms with Gasteiger partial charge in [0.1, 0.15) is 5.60 Å². The summed E-state index contributed by atoms with van der Waals surface area (Å²) in [6.45, 7) is 6.96. The van der Waals surface area contributed by atoms with E-state index in [4.69, 9.17) is 10.5 Å². The third-order valence-corrected chi connectivity index (χ3v) is 2.93. The van der Waals surface area contributed by atoms with E-state index in [1.165, 1.54) is 0 Å². The smallest absolute Gasteiger partial charge is 0.104 e. The number of rotatable bonds is 4. The minimum Gasteiger partial charge on any atom is -0.367 e. The normalized spacial score (nSPS) is 36.3. The standard InChI is InChI=1S/C12H21NO/c1-4-11(13)7-9-12(5-2,10-8-11)14-6-3/h7-10H,4-6,13H2,1-3H3. The fourth-order valence-electron chi connectivity index (χ4n) is 1.64. The summed E-state index contributed by atoms with van der Waals surface area (Å²) in [7, 11) is 0. The zero-order valence-electron chi connectivity index (χ0n) is 9.42. The molecule has 0 saturated heterocycles. The van der Waals surface area contributed by atoms with Crippen molar-refractivity contribution in [2.45, 2.75) is 44.8 Å². The highest BCUT2D eigenvalue weighted by atomic mass is 16.5. The van der Waals surface area contributed by atoms with Crippen LogP contribution < -0.4 is 5.73 Å². The lowest BCUT2D eigenvalue weighted by Crippen LogP contribution is -2.40. The third-order valence-electron chi connectivity index (χ3n) is 2.93. The van der Waals surface area contributed by atoms with Crippen LogP contribution in [0, 0.1) is 0 Å². The Balaban J connectivity index is 2.79. The van der Waals surface area contributed by atoms with Crippen LogP contribution in [-0.2, 0) is 4.74 Å². The van der Waals surface area contributed by atoms with Crippen LogP contribution in [0.15, 0.2) is 24.3 Å². The number of nitrogens with two attached hydrogens (primary N) is 1. The van der Waals surface area contributed by atoms with Crippen LogP contribution in [0.5, 0.6) is 0 Å². The Morgan fingerprint density at radius 2 is 1.57 bits per heavy atom. The maximum atomic E-state index is 6.10. The van der Waals surface area contributed by atoms with Crippen LogP contribution >= 0.6 is 0 Å². The molecule has 14 heavy (non-hydrogen) atoms. The number of hydrogen-bond donors (Lipinski definition) is 1. The van der Waals surface area contributed by atoms with Gasteiger partial charge in [0, 0.05) is 6.61 Å². The summed E-state index contributed by atoms with van der Waals surface area (Å²) in [5.41, 5.74) is 5.62. The van der Waals surface area contributed by atoms with Gasteiger partial charge in [-0.2, -0.15) is 0 Å². The Bertz CT molecular complexity index is 229. The van der Waals surface area contributed by atoms with E-state index in [9.17, 15) is 0 Å². The predicted octanol–water partition coefficient (Wildman–Crippen LogP) is 2.41. The van der Waals surface area contributed by atoms with Gasteiger partial charge in [-0.1, -0.05) is 38.2 Å². The van der Waals surface area contributed by atoms with Crippen molar-refractivity contribution in [3.05, 3.63) is 24.3 Å². The van der Waals surface area contributed by atoms with Crippen LogP contribution in [0.4, 0.5) is 0 Å². The van der Waals surface area contributed by atoms with Crippen molar-refractivity contribution in [2.75, 3.05) is 6.61 Å². The van der Waals surface area contributed by atoms with Gasteiger partial charge >= 0.3 is 0 Å². The molecule has 0 aromatic carbocycles. The van der Waals surface area contributed by atoms with Gasteiger partial charge in [0.15, 0.2) is 0 Å². The molecule has 0 aromatic rings. The summed E-state index contributed by atoms with van der Waals surface area (Å²) in [6, 6.07) is 0. The largest absolute Gasteiger partial charge is 0.367 e. The molecule has 2 heteroatoms. The van der Waals surface area contributed by atoms with Crippen molar-refractivity contribution in [1.82, 2.24) is 0 Å². The zero-order chi connectivity index (χ0) is 10.7. The van der Waals surface area contributed by atoms with Gasteiger partial charge < -0.3 is 10.5 Å². The molecule has 0 spiro atoms. The summed E-state index contributed by atoms with van der Waals surface area (Å²) in [5, 5.41) is 0. The molecule has 0 fully saturated rings. The molecule has 0 unspecified atom stereocenters. The maximum Gasteiger partial charge on any atom is 0.104 e. The van der Waals surface area contributed by atoms with E-state index >= 15 is 0 Å². The van der Waals surface area contributed by atoms with Gasteiger partial charge in [-0.3, -0.25) is 0 Å². The molecule has 0 radical (unpaired) electrons. The average Bonchev–Trinajstić information content (AvgIpc) is 2.23. The molecule has 1 aliphatic carbocycles. The van der Waals surface area contributed by atoms with E-state index in [-0.39, 0.29) is 11.1 Å². The summed E-state index contributed by atoms with van der Waals surface area (Å²) in [5.74, 6) is 0. The molecule has 1 aliphatic rings. The van der Waals surface area contributed by atoms with Crippen molar-refractivity contribution in [1.29, 1.82) is 0 Å². The molecule has 0 bridgehead atoms. The minimum atomic E-state index is -0.268. The first kappa shape index (κ1) is 11.5. The van der Waals surface area contributed by atoms with E-state index < -0.39 is 0 Å².